The Morgan fingerprint density at radius 2 is 1.27 bits per heavy atom. The van der Waals surface area contributed by atoms with Crippen LogP contribution in [0.25, 0.3) is 0 Å². The first-order valence-electron chi connectivity index (χ1n) is 6.27. The molecule has 15 heavy (non-hydrogen) atoms. The fourth-order valence-corrected chi connectivity index (χ4v) is 1.50. The second-order valence-corrected chi connectivity index (χ2v) is 4.25. The Morgan fingerprint density at radius 1 is 0.867 bits per heavy atom. The van der Waals surface area contributed by atoms with Crippen molar-refractivity contribution in [2.24, 2.45) is 0 Å². The molecular weight excluding hydrogens is 190 g/mol. The van der Waals surface area contributed by atoms with Crippen LogP contribution in [0.4, 0.5) is 0 Å². The summed E-state index contributed by atoms with van der Waals surface area (Å²) >= 11 is 0. The molecule has 0 bridgehead atoms. The Labute approximate surface area is 93.9 Å². The molecule has 92 valence electrons. The third kappa shape index (κ3) is 10.2. The standard InChI is InChI=1S/C12H27NO2/c1-3-5-7-11(14)9-13-10-12(15)8-6-4-2/h11-15H,3-10H2,1-2H3. The smallest absolute Gasteiger partial charge is 0.0664 e. The minimum Gasteiger partial charge on any atom is -0.392 e. The van der Waals surface area contributed by atoms with E-state index in [0.29, 0.717) is 13.1 Å². The summed E-state index contributed by atoms with van der Waals surface area (Å²) in [5, 5.41) is 22.2. The molecule has 0 heterocycles. The number of hydrogen-bond acceptors (Lipinski definition) is 3. The maximum absolute atomic E-state index is 9.53. The highest BCUT2D eigenvalue weighted by Gasteiger charge is 2.05. The molecule has 3 heteroatoms. The topological polar surface area (TPSA) is 52.5 Å². The molecule has 0 spiro atoms. The number of rotatable bonds is 10. The van der Waals surface area contributed by atoms with Gasteiger partial charge in [0.25, 0.3) is 0 Å². The van der Waals surface area contributed by atoms with Gasteiger partial charge >= 0.3 is 0 Å². The summed E-state index contributed by atoms with van der Waals surface area (Å²) in [6, 6.07) is 0. The minimum absolute atomic E-state index is 0.261. The van der Waals surface area contributed by atoms with Gasteiger partial charge in [0.15, 0.2) is 0 Å². The first-order chi connectivity index (χ1) is 7.20. The van der Waals surface area contributed by atoms with Crippen molar-refractivity contribution in [1.82, 2.24) is 5.32 Å². The summed E-state index contributed by atoms with van der Waals surface area (Å²) in [7, 11) is 0. The molecule has 0 radical (unpaired) electrons. The van der Waals surface area contributed by atoms with Crippen molar-refractivity contribution in [1.29, 1.82) is 0 Å². The molecule has 0 rings (SSSR count). The van der Waals surface area contributed by atoms with Gasteiger partial charge in [-0.05, 0) is 12.8 Å². The van der Waals surface area contributed by atoms with Gasteiger partial charge in [-0.15, -0.1) is 0 Å². The summed E-state index contributed by atoms with van der Waals surface area (Å²) < 4.78 is 0. The van der Waals surface area contributed by atoms with Crippen molar-refractivity contribution in [2.75, 3.05) is 13.1 Å². The summed E-state index contributed by atoms with van der Waals surface area (Å²) in [5.74, 6) is 0. The minimum atomic E-state index is -0.261. The van der Waals surface area contributed by atoms with Gasteiger partial charge in [0.05, 0.1) is 12.2 Å². The monoisotopic (exact) mass is 217 g/mol. The van der Waals surface area contributed by atoms with Gasteiger partial charge in [0.2, 0.25) is 0 Å². The molecule has 0 saturated carbocycles. The Hall–Kier alpha value is -0.120. The summed E-state index contributed by atoms with van der Waals surface area (Å²) in [6.45, 7) is 5.44. The lowest BCUT2D eigenvalue weighted by atomic mass is 10.1. The normalized spacial score (nSPS) is 15.2. The van der Waals surface area contributed by atoms with Gasteiger partial charge < -0.3 is 15.5 Å². The van der Waals surface area contributed by atoms with Gasteiger partial charge in [-0.2, -0.15) is 0 Å². The van der Waals surface area contributed by atoms with Crippen LogP contribution in [0.5, 0.6) is 0 Å². The predicted molar refractivity (Wildman–Crippen MR) is 63.9 cm³/mol. The zero-order valence-corrected chi connectivity index (χ0v) is 10.2. The van der Waals surface area contributed by atoms with Crippen LogP contribution in [0.3, 0.4) is 0 Å². The Kier molecular flexibility index (Phi) is 10.3. The third-order valence-corrected chi connectivity index (χ3v) is 2.54. The van der Waals surface area contributed by atoms with Gasteiger partial charge in [-0.25, -0.2) is 0 Å². The van der Waals surface area contributed by atoms with E-state index in [1.54, 1.807) is 0 Å². The maximum atomic E-state index is 9.53. The molecule has 0 aliphatic heterocycles. The molecule has 0 saturated heterocycles. The average Bonchev–Trinajstić information content (AvgIpc) is 2.23. The molecule has 0 aromatic heterocycles. The van der Waals surface area contributed by atoms with E-state index in [0.717, 1.165) is 38.5 Å². The molecule has 0 aliphatic rings. The quantitative estimate of drug-likeness (QED) is 0.522. The number of nitrogens with one attached hydrogen (secondary N) is 1. The zero-order chi connectivity index (χ0) is 11.5. The van der Waals surface area contributed by atoms with E-state index in [1.165, 1.54) is 0 Å². The van der Waals surface area contributed by atoms with Crippen LogP contribution in [0.2, 0.25) is 0 Å². The van der Waals surface area contributed by atoms with E-state index in [9.17, 15) is 10.2 Å². The van der Waals surface area contributed by atoms with Crippen molar-refractivity contribution in [3.63, 3.8) is 0 Å². The highest BCUT2D eigenvalue weighted by Crippen LogP contribution is 2.00. The molecule has 0 aromatic rings. The SMILES string of the molecule is CCCCC(O)CNCC(O)CCCC. The molecule has 3 N–H and O–H groups in total. The Morgan fingerprint density at radius 3 is 1.60 bits per heavy atom. The van der Waals surface area contributed by atoms with E-state index < -0.39 is 0 Å². The van der Waals surface area contributed by atoms with E-state index >= 15 is 0 Å². The van der Waals surface area contributed by atoms with Gasteiger partial charge in [-0.1, -0.05) is 39.5 Å². The number of hydrogen-bond donors (Lipinski definition) is 3. The second kappa shape index (κ2) is 10.4. The van der Waals surface area contributed by atoms with E-state index in [-0.39, 0.29) is 12.2 Å². The van der Waals surface area contributed by atoms with Gasteiger partial charge in [0, 0.05) is 13.1 Å². The molecule has 0 amide bonds. The van der Waals surface area contributed by atoms with Crippen molar-refractivity contribution in [2.45, 2.75) is 64.6 Å². The summed E-state index contributed by atoms with van der Waals surface area (Å²) in [6.07, 6.45) is 5.57. The third-order valence-electron chi connectivity index (χ3n) is 2.54. The molecule has 0 fully saturated rings. The van der Waals surface area contributed by atoms with Crippen molar-refractivity contribution in [3.05, 3.63) is 0 Å². The van der Waals surface area contributed by atoms with Crippen LogP contribution < -0.4 is 5.32 Å². The van der Waals surface area contributed by atoms with Crippen LogP contribution in [-0.2, 0) is 0 Å². The Bertz CT molecular complexity index is 117. The van der Waals surface area contributed by atoms with Crippen molar-refractivity contribution < 1.29 is 10.2 Å². The first kappa shape index (κ1) is 14.9. The number of unbranched alkanes of at least 4 members (excludes halogenated alkanes) is 2. The highest BCUT2D eigenvalue weighted by molar-refractivity contribution is 4.63. The predicted octanol–water partition coefficient (Wildman–Crippen LogP) is 1.68. The van der Waals surface area contributed by atoms with Crippen molar-refractivity contribution in [3.8, 4) is 0 Å². The molecule has 2 atom stereocenters. The number of aliphatic hydroxyl groups is 2. The number of aliphatic hydroxyl groups excluding tert-OH is 2. The largest absolute Gasteiger partial charge is 0.392 e. The highest BCUT2D eigenvalue weighted by atomic mass is 16.3. The lowest BCUT2D eigenvalue weighted by molar-refractivity contribution is 0.133. The Balaban J connectivity index is 3.27. The van der Waals surface area contributed by atoms with Gasteiger partial charge in [-0.3, -0.25) is 0 Å². The maximum Gasteiger partial charge on any atom is 0.0664 e. The van der Waals surface area contributed by atoms with Crippen LogP contribution in [0, 0.1) is 0 Å². The molecular formula is C12H27NO2. The fraction of sp³-hybridized carbons (Fsp3) is 1.00. The van der Waals surface area contributed by atoms with Crippen LogP contribution in [0.15, 0.2) is 0 Å². The van der Waals surface area contributed by atoms with Crippen molar-refractivity contribution >= 4 is 0 Å². The van der Waals surface area contributed by atoms with Crippen LogP contribution >= 0.6 is 0 Å². The molecule has 2 unspecified atom stereocenters. The van der Waals surface area contributed by atoms with Crippen LogP contribution in [0.1, 0.15) is 52.4 Å². The first-order valence-corrected chi connectivity index (χ1v) is 6.27. The van der Waals surface area contributed by atoms with E-state index in [1.807, 2.05) is 0 Å². The average molecular weight is 217 g/mol. The van der Waals surface area contributed by atoms with E-state index in [2.05, 4.69) is 19.2 Å². The van der Waals surface area contributed by atoms with Crippen LogP contribution in [-0.4, -0.2) is 35.5 Å². The molecule has 0 aromatic carbocycles. The zero-order valence-electron chi connectivity index (χ0n) is 10.2. The lowest BCUT2D eigenvalue weighted by Gasteiger charge is -2.14. The van der Waals surface area contributed by atoms with E-state index in [4.69, 9.17) is 0 Å². The molecule has 3 nitrogen and oxygen atoms in total. The summed E-state index contributed by atoms with van der Waals surface area (Å²) in [4.78, 5) is 0. The van der Waals surface area contributed by atoms with Gasteiger partial charge in [0.1, 0.15) is 0 Å². The lowest BCUT2D eigenvalue weighted by Crippen LogP contribution is -2.33. The summed E-state index contributed by atoms with van der Waals surface area (Å²) in [5.41, 5.74) is 0. The second-order valence-electron chi connectivity index (χ2n) is 4.25. The molecule has 0 aliphatic carbocycles. The fourth-order valence-electron chi connectivity index (χ4n) is 1.50.